The van der Waals surface area contributed by atoms with Crippen LogP contribution in [0, 0.1) is 26.6 Å². The number of hydrogen-bond acceptors (Lipinski definition) is 5. The van der Waals surface area contributed by atoms with Gasteiger partial charge in [-0.05, 0) is 45.4 Å². The predicted octanol–water partition coefficient (Wildman–Crippen LogP) is 4.12. The number of rotatable bonds is 6. The minimum atomic E-state index is -0.410. The minimum Gasteiger partial charge on any atom is -0.350 e. The number of aromatic nitrogens is 5. The molecule has 1 amide bonds. The van der Waals surface area contributed by atoms with Crippen molar-refractivity contribution in [3.05, 3.63) is 70.8 Å². The van der Waals surface area contributed by atoms with Gasteiger partial charge in [0.1, 0.15) is 11.5 Å². The van der Waals surface area contributed by atoms with E-state index in [1.54, 1.807) is 29.1 Å². The van der Waals surface area contributed by atoms with Gasteiger partial charge in [-0.25, -0.2) is 4.39 Å². The van der Waals surface area contributed by atoms with Crippen LogP contribution < -0.4 is 5.32 Å². The van der Waals surface area contributed by atoms with Crippen molar-refractivity contribution in [3.63, 3.8) is 0 Å². The molecule has 9 heteroatoms. The van der Waals surface area contributed by atoms with Crippen LogP contribution in [0.15, 0.2) is 41.1 Å². The molecule has 0 saturated carbocycles. The van der Waals surface area contributed by atoms with Crippen molar-refractivity contribution in [2.24, 2.45) is 0 Å². The molecule has 0 radical (unpaired) electrons. The Morgan fingerprint density at radius 3 is 2.55 bits per heavy atom. The fourth-order valence-corrected chi connectivity index (χ4v) is 3.50. The summed E-state index contributed by atoms with van der Waals surface area (Å²) in [5.74, 6) is -0.593. The zero-order valence-corrected chi connectivity index (χ0v) is 17.8. The average molecular weight is 422 g/mol. The van der Waals surface area contributed by atoms with Gasteiger partial charge in [-0.15, -0.1) is 0 Å². The first-order chi connectivity index (χ1) is 14.9. The molecule has 0 saturated heterocycles. The number of nitrogens with zero attached hydrogens (tertiary/aromatic N) is 5. The molecule has 0 fully saturated rings. The lowest BCUT2D eigenvalue weighted by Gasteiger charge is -2.06. The number of carbonyl (C=O) groups is 1. The van der Waals surface area contributed by atoms with Crippen LogP contribution in [0.5, 0.6) is 0 Å². The Hall–Kier alpha value is -3.75. The number of aryl methyl sites for hydroxylation is 2. The van der Waals surface area contributed by atoms with Gasteiger partial charge in [0.25, 0.3) is 5.91 Å². The number of carbonyl (C=O) groups excluding carboxylic acids is 1. The fourth-order valence-electron chi connectivity index (χ4n) is 3.50. The van der Waals surface area contributed by atoms with E-state index in [2.05, 4.69) is 20.7 Å². The quantitative estimate of drug-likeness (QED) is 0.505. The Bertz CT molecular complexity index is 1240. The average Bonchev–Trinajstić information content (AvgIpc) is 3.44. The topological polar surface area (TPSA) is 90.8 Å². The maximum Gasteiger partial charge on any atom is 0.294 e. The zero-order valence-electron chi connectivity index (χ0n) is 17.8. The highest BCUT2D eigenvalue weighted by atomic mass is 19.1. The molecule has 0 aliphatic rings. The third kappa shape index (κ3) is 3.98. The number of amides is 1. The molecule has 0 atom stereocenters. The Labute approximate surface area is 178 Å². The predicted molar refractivity (Wildman–Crippen MR) is 113 cm³/mol. The van der Waals surface area contributed by atoms with Crippen molar-refractivity contribution < 1.29 is 13.7 Å². The molecule has 4 aromatic rings. The Morgan fingerprint density at radius 1 is 1.13 bits per heavy atom. The molecule has 4 rings (SSSR count). The van der Waals surface area contributed by atoms with E-state index in [0.717, 1.165) is 29.1 Å². The first kappa shape index (κ1) is 20.5. The molecule has 0 aliphatic carbocycles. The number of hydrogen-bond donors (Lipinski definition) is 1. The summed E-state index contributed by atoms with van der Waals surface area (Å²) in [7, 11) is 0. The van der Waals surface area contributed by atoms with E-state index in [1.807, 2.05) is 32.4 Å². The molecule has 0 unspecified atom stereocenters. The van der Waals surface area contributed by atoms with Crippen LogP contribution >= 0.6 is 0 Å². The normalized spacial score (nSPS) is 11.1. The zero-order chi connectivity index (χ0) is 22.1. The third-order valence-electron chi connectivity index (χ3n) is 5.28. The van der Waals surface area contributed by atoms with Gasteiger partial charge < -0.3 is 9.84 Å². The van der Waals surface area contributed by atoms with Crippen LogP contribution in [0.25, 0.3) is 11.3 Å². The molecule has 3 aromatic heterocycles. The van der Waals surface area contributed by atoms with Gasteiger partial charge in [0.2, 0.25) is 5.76 Å². The Balaban J connectivity index is 1.52. The van der Waals surface area contributed by atoms with E-state index in [0.29, 0.717) is 23.6 Å². The maximum atomic E-state index is 13.1. The van der Waals surface area contributed by atoms with Crippen LogP contribution in [0.1, 0.15) is 40.1 Å². The molecule has 0 spiro atoms. The fraction of sp³-hybridized carbons (Fsp3) is 0.273. The molecule has 8 nitrogen and oxygen atoms in total. The van der Waals surface area contributed by atoms with Crippen LogP contribution in [-0.4, -0.2) is 30.6 Å². The van der Waals surface area contributed by atoms with Gasteiger partial charge in [0, 0.05) is 23.9 Å². The van der Waals surface area contributed by atoms with Crippen LogP contribution in [0.4, 0.5) is 10.1 Å². The van der Waals surface area contributed by atoms with Crippen molar-refractivity contribution in [3.8, 4) is 11.3 Å². The van der Waals surface area contributed by atoms with E-state index >= 15 is 0 Å². The molecule has 31 heavy (non-hydrogen) atoms. The highest BCUT2D eigenvalue weighted by Crippen LogP contribution is 2.25. The summed E-state index contributed by atoms with van der Waals surface area (Å²) in [6.07, 6.45) is 1.71. The van der Waals surface area contributed by atoms with Crippen LogP contribution in [-0.2, 0) is 13.1 Å². The van der Waals surface area contributed by atoms with Gasteiger partial charge in [0.15, 0.2) is 0 Å². The standard InChI is InChI=1S/C22H23FN6O2/c1-5-28-14(3)18(11-24-28)19-10-20(31-27-19)22(30)25-21-13(2)26-29(15(21)4)12-16-6-8-17(23)9-7-16/h6-11H,5,12H2,1-4H3,(H,25,30). The van der Waals surface area contributed by atoms with Crippen LogP contribution in [0.3, 0.4) is 0 Å². The SMILES string of the molecule is CCn1ncc(-c2cc(C(=O)Nc3c(C)nn(Cc4ccc(F)cc4)c3C)on2)c1C. The second kappa shape index (κ2) is 8.17. The van der Waals surface area contributed by atoms with Gasteiger partial charge in [-0.2, -0.15) is 10.2 Å². The van der Waals surface area contributed by atoms with Crippen molar-refractivity contribution in [2.45, 2.75) is 40.8 Å². The molecule has 1 N–H and O–H groups in total. The first-order valence-corrected chi connectivity index (χ1v) is 9.96. The first-order valence-electron chi connectivity index (χ1n) is 9.96. The molecule has 160 valence electrons. The summed E-state index contributed by atoms with van der Waals surface area (Å²) in [5.41, 5.74) is 5.32. The van der Waals surface area contributed by atoms with Gasteiger partial charge in [0.05, 0.1) is 29.8 Å². The Kier molecular flexibility index (Phi) is 5.41. The van der Waals surface area contributed by atoms with Gasteiger partial charge >= 0.3 is 0 Å². The molecular weight excluding hydrogens is 399 g/mol. The summed E-state index contributed by atoms with van der Waals surface area (Å²) in [4.78, 5) is 12.8. The molecule has 3 heterocycles. The summed E-state index contributed by atoms with van der Waals surface area (Å²) in [6.45, 7) is 8.86. The van der Waals surface area contributed by atoms with Crippen molar-refractivity contribution >= 4 is 11.6 Å². The van der Waals surface area contributed by atoms with Crippen molar-refractivity contribution in [1.82, 2.24) is 24.7 Å². The minimum absolute atomic E-state index is 0.101. The smallest absolute Gasteiger partial charge is 0.294 e. The molecule has 1 aromatic carbocycles. The lowest BCUT2D eigenvalue weighted by atomic mass is 10.2. The maximum absolute atomic E-state index is 13.1. The second-order valence-corrected chi connectivity index (χ2v) is 7.32. The van der Waals surface area contributed by atoms with E-state index in [-0.39, 0.29) is 11.6 Å². The molecule has 0 aliphatic heterocycles. The van der Waals surface area contributed by atoms with Gasteiger partial charge in [-0.3, -0.25) is 14.2 Å². The highest BCUT2D eigenvalue weighted by Gasteiger charge is 2.20. The highest BCUT2D eigenvalue weighted by molar-refractivity contribution is 6.03. The van der Waals surface area contributed by atoms with Crippen LogP contribution in [0.2, 0.25) is 0 Å². The third-order valence-corrected chi connectivity index (χ3v) is 5.28. The van der Waals surface area contributed by atoms with Crippen molar-refractivity contribution in [1.29, 1.82) is 0 Å². The summed E-state index contributed by atoms with van der Waals surface area (Å²) in [5, 5.41) is 15.7. The van der Waals surface area contributed by atoms with E-state index in [9.17, 15) is 9.18 Å². The van der Waals surface area contributed by atoms with E-state index < -0.39 is 5.91 Å². The summed E-state index contributed by atoms with van der Waals surface area (Å²) >= 11 is 0. The number of benzene rings is 1. The largest absolute Gasteiger partial charge is 0.350 e. The number of halogens is 1. The monoisotopic (exact) mass is 422 g/mol. The summed E-state index contributed by atoms with van der Waals surface area (Å²) < 4.78 is 22.0. The van der Waals surface area contributed by atoms with Gasteiger partial charge in [-0.1, -0.05) is 17.3 Å². The van der Waals surface area contributed by atoms with E-state index in [4.69, 9.17) is 4.52 Å². The molecule has 0 bridgehead atoms. The second-order valence-electron chi connectivity index (χ2n) is 7.32. The summed E-state index contributed by atoms with van der Waals surface area (Å²) in [6, 6.07) is 7.85. The molecular formula is C22H23FN6O2. The lowest BCUT2D eigenvalue weighted by Crippen LogP contribution is -2.12. The number of anilines is 1. The number of nitrogens with one attached hydrogen (secondary N) is 1. The van der Waals surface area contributed by atoms with E-state index in [1.165, 1.54) is 12.1 Å². The lowest BCUT2D eigenvalue weighted by molar-refractivity contribution is 0.0988. The Morgan fingerprint density at radius 2 is 1.87 bits per heavy atom. The van der Waals surface area contributed by atoms with Crippen molar-refractivity contribution in [2.75, 3.05) is 5.32 Å².